The minimum Gasteiger partial charge on any atom is -0.277 e. The predicted molar refractivity (Wildman–Crippen MR) is 69.2 cm³/mol. The Hall–Kier alpha value is -1.72. The number of rotatable bonds is 3. The third kappa shape index (κ3) is 2.88. The van der Waals surface area contributed by atoms with E-state index in [4.69, 9.17) is 0 Å². The number of benzene rings is 2. The molecule has 2 rings (SSSR count). The molecular formula is C14H12OP. The molecule has 0 saturated carbocycles. The molecular weight excluding hydrogens is 215 g/mol. The second-order valence-electron chi connectivity index (χ2n) is 3.39. The lowest BCUT2D eigenvalue weighted by Gasteiger charge is -1.94. The first-order valence-corrected chi connectivity index (χ1v) is 6.44. The summed E-state index contributed by atoms with van der Waals surface area (Å²) < 4.78 is 11.9. The Labute approximate surface area is 96.2 Å². The molecule has 0 spiro atoms. The van der Waals surface area contributed by atoms with Gasteiger partial charge in [0.2, 0.25) is 0 Å². The molecule has 1 unspecified atom stereocenters. The summed E-state index contributed by atoms with van der Waals surface area (Å²) in [6.07, 6.45) is 1.89. The lowest BCUT2D eigenvalue weighted by Crippen LogP contribution is -1.91. The zero-order chi connectivity index (χ0) is 11.2. The first-order chi connectivity index (χ1) is 7.86. The van der Waals surface area contributed by atoms with E-state index in [0.29, 0.717) is 0 Å². The molecule has 0 N–H and O–H groups in total. The van der Waals surface area contributed by atoms with E-state index in [9.17, 15) is 4.57 Å². The Morgan fingerprint density at radius 2 is 1.38 bits per heavy atom. The van der Waals surface area contributed by atoms with Gasteiger partial charge in [-0.15, -0.1) is 0 Å². The summed E-state index contributed by atoms with van der Waals surface area (Å²) in [6.45, 7) is 0. The van der Waals surface area contributed by atoms with Crippen LogP contribution in [-0.4, -0.2) is 0 Å². The molecule has 0 amide bonds. The second kappa shape index (κ2) is 5.39. The van der Waals surface area contributed by atoms with Crippen molar-refractivity contribution in [3.63, 3.8) is 0 Å². The zero-order valence-corrected chi connectivity index (χ0v) is 9.68. The molecule has 79 valence electrons. The Bertz CT molecular complexity index is 489. The summed E-state index contributed by atoms with van der Waals surface area (Å²) in [7, 11) is -1.43. The predicted octanol–water partition coefficient (Wildman–Crippen LogP) is 3.81. The highest BCUT2D eigenvalue weighted by Crippen LogP contribution is 2.22. The quantitative estimate of drug-likeness (QED) is 0.728. The van der Waals surface area contributed by atoms with Gasteiger partial charge in [-0.05, 0) is 23.8 Å². The Balaban J connectivity index is 2.12. The summed E-state index contributed by atoms with van der Waals surface area (Å²) in [5.74, 6) is 1.75. The van der Waals surface area contributed by atoms with Crippen molar-refractivity contribution in [2.75, 3.05) is 0 Å². The van der Waals surface area contributed by atoms with Gasteiger partial charge in [-0.2, -0.15) is 0 Å². The molecule has 0 fully saturated rings. The normalized spacial score (nSPS) is 11.6. The van der Waals surface area contributed by atoms with E-state index < -0.39 is 7.80 Å². The maximum atomic E-state index is 11.9. The van der Waals surface area contributed by atoms with Crippen LogP contribution in [0.4, 0.5) is 0 Å². The fraction of sp³-hybridized carbons (Fsp3) is 0. The minimum absolute atomic E-state index is 0.865. The van der Waals surface area contributed by atoms with E-state index in [1.807, 2.05) is 66.7 Å². The molecule has 2 aromatic rings. The average Bonchev–Trinajstić information content (AvgIpc) is 2.38. The van der Waals surface area contributed by atoms with Crippen molar-refractivity contribution >= 4 is 19.2 Å². The third-order valence-electron chi connectivity index (χ3n) is 2.21. The highest BCUT2D eigenvalue weighted by atomic mass is 31.1. The van der Waals surface area contributed by atoms with E-state index in [2.05, 4.69) is 0 Å². The molecule has 0 saturated heterocycles. The van der Waals surface area contributed by atoms with Gasteiger partial charge < -0.3 is 0 Å². The molecule has 2 aromatic carbocycles. The fourth-order valence-electron chi connectivity index (χ4n) is 1.38. The highest BCUT2D eigenvalue weighted by molar-refractivity contribution is 7.56. The lowest BCUT2D eigenvalue weighted by molar-refractivity contribution is 0.598. The average molecular weight is 227 g/mol. The van der Waals surface area contributed by atoms with Crippen molar-refractivity contribution in [2.24, 2.45) is 0 Å². The van der Waals surface area contributed by atoms with Crippen LogP contribution in [0.1, 0.15) is 5.56 Å². The van der Waals surface area contributed by atoms with Crippen LogP contribution in [0, 0.1) is 0 Å². The number of hydrogen-bond acceptors (Lipinski definition) is 1. The van der Waals surface area contributed by atoms with Gasteiger partial charge in [0.1, 0.15) is 7.80 Å². The van der Waals surface area contributed by atoms with E-state index in [1.54, 1.807) is 5.82 Å². The van der Waals surface area contributed by atoms with Gasteiger partial charge in [0, 0.05) is 11.1 Å². The Morgan fingerprint density at radius 3 is 2.00 bits per heavy atom. The molecule has 2 heteroatoms. The zero-order valence-electron chi connectivity index (χ0n) is 8.78. The summed E-state index contributed by atoms with van der Waals surface area (Å²) in [5, 5.41) is 0.865. The maximum absolute atomic E-state index is 11.9. The van der Waals surface area contributed by atoms with Gasteiger partial charge in [-0.1, -0.05) is 48.5 Å². The molecule has 0 aliphatic heterocycles. The largest absolute Gasteiger partial charge is 0.277 e. The molecule has 1 atom stereocenters. The van der Waals surface area contributed by atoms with Crippen LogP contribution in [0.15, 0.2) is 66.5 Å². The fourth-order valence-corrected chi connectivity index (χ4v) is 2.32. The van der Waals surface area contributed by atoms with E-state index >= 15 is 0 Å². The summed E-state index contributed by atoms with van der Waals surface area (Å²) in [4.78, 5) is 0. The summed E-state index contributed by atoms with van der Waals surface area (Å²) in [6, 6.07) is 19.4. The van der Waals surface area contributed by atoms with Gasteiger partial charge in [0.05, 0.1) is 0 Å². The first-order valence-electron chi connectivity index (χ1n) is 5.11. The lowest BCUT2D eigenvalue weighted by atomic mass is 10.2. The van der Waals surface area contributed by atoms with Crippen LogP contribution < -0.4 is 5.30 Å². The van der Waals surface area contributed by atoms with Crippen LogP contribution in [0.2, 0.25) is 0 Å². The summed E-state index contributed by atoms with van der Waals surface area (Å²) in [5.41, 5.74) is 1.07. The molecule has 0 aliphatic rings. The van der Waals surface area contributed by atoms with Crippen LogP contribution in [0.3, 0.4) is 0 Å². The van der Waals surface area contributed by atoms with Gasteiger partial charge in [-0.3, -0.25) is 4.57 Å². The van der Waals surface area contributed by atoms with Crippen molar-refractivity contribution in [3.05, 3.63) is 72.0 Å². The van der Waals surface area contributed by atoms with E-state index in [0.717, 1.165) is 10.9 Å². The van der Waals surface area contributed by atoms with Gasteiger partial charge in [0.15, 0.2) is 0 Å². The minimum atomic E-state index is -1.43. The van der Waals surface area contributed by atoms with Crippen molar-refractivity contribution in [3.8, 4) is 0 Å². The summed E-state index contributed by atoms with van der Waals surface area (Å²) >= 11 is 0. The van der Waals surface area contributed by atoms with Crippen molar-refractivity contribution in [1.29, 1.82) is 0 Å². The maximum Gasteiger partial charge on any atom is 0.129 e. The van der Waals surface area contributed by atoms with Gasteiger partial charge >= 0.3 is 0 Å². The third-order valence-corrected chi connectivity index (χ3v) is 3.44. The monoisotopic (exact) mass is 227 g/mol. The molecule has 0 aliphatic carbocycles. The number of hydrogen-bond donors (Lipinski definition) is 0. The van der Waals surface area contributed by atoms with Crippen LogP contribution in [0.25, 0.3) is 6.08 Å². The molecule has 0 heterocycles. The Morgan fingerprint density at radius 1 is 0.812 bits per heavy atom. The van der Waals surface area contributed by atoms with Crippen LogP contribution in [0.5, 0.6) is 0 Å². The molecule has 16 heavy (non-hydrogen) atoms. The van der Waals surface area contributed by atoms with Crippen molar-refractivity contribution in [2.45, 2.75) is 0 Å². The second-order valence-corrected chi connectivity index (χ2v) is 4.85. The van der Waals surface area contributed by atoms with E-state index in [1.165, 1.54) is 0 Å². The molecule has 1 radical (unpaired) electrons. The first kappa shape index (κ1) is 10.8. The smallest absolute Gasteiger partial charge is 0.129 e. The molecule has 0 aromatic heterocycles. The van der Waals surface area contributed by atoms with Crippen molar-refractivity contribution < 1.29 is 4.57 Å². The molecule has 0 bridgehead atoms. The topological polar surface area (TPSA) is 17.1 Å². The molecule has 1 nitrogen and oxygen atoms in total. The van der Waals surface area contributed by atoms with Crippen LogP contribution in [-0.2, 0) is 4.57 Å². The van der Waals surface area contributed by atoms with Gasteiger partial charge in [0.25, 0.3) is 0 Å². The SMILES string of the molecule is O=[P](C=Cc1ccccc1)c1ccccc1. The Kier molecular flexibility index (Phi) is 3.63. The van der Waals surface area contributed by atoms with Gasteiger partial charge in [-0.25, -0.2) is 0 Å². The van der Waals surface area contributed by atoms with E-state index in [-0.39, 0.29) is 0 Å². The van der Waals surface area contributed by atoms with Crippen molar-refractivity contribution in [1.82, 2.24) is 0 Å². The standard InChI is InChI=1S/C14H12OP/c15-16(14-9-5-2-6-10-14)12-11-13-7-3-1-4-8-13/h1-12H. The van der Waals surface area contributed by atoms with Crippen LogP contribution >= 0.6 is 7.80 Å². The highest BCUT2D eigenvalue weighted by Gasteiger charge is 1.97.